The van der Waals surface area contributed by atoms with E-state index in [1.165, 1.54) is 24.3 Å². The molecule has 0 aliphatic carbocycles. The zero-order valence-corrected chi connectivity index (χ0v) is 23.0. The van der Waals surface area contributed by atoms with E-state index in [9.17, 15) is 21.6 Å². The summed E-state index contributed by atoms with van der Waals surface area (Å²) in [5.74, 6) is -0.611. The van der Waals surface area contributed by atoms with Crippen molar-refractivity contribution in [3.8, 4) is 11.5 Å². The van der Waals surface area contributed by atoms with Crippen LogP contribution in [0.2, 0.25) is 0 Å². The first-order chi connectivity index (χ1) is 19.2. The highest BCUT2D eigenvalue weighted by molar-refractivity contribution is 7.87. The Morgan fingerprint density at radius 2 is 0.875 bits per heavy atom. The van der Waals surface area contributed by atoms with Crippen LogP contribution < -0.4 is 19.0 Å². The molecule has 4 rings (SSSR count). The number of amides is 2. The van der Waals surface area contributed by atoms with Crippen molar-refractivity contribution in [1.82, 2.24) is 0 Å². The van der Waals surface area contributed by atoms with Gasteiger partial charge in [-0.25, -0.2) is 4.79 Å². The van der Waals surface area contributed by atoms with Gasteiger partial charge in [-0.3, -0.25) is 0 Å². The fraction of sp³-hybridized carbons (Fsp3) is 0.138. The van der Waals surface area contributed by atoms with Crippen LogP contribution in [-0.2, 0) is 33.1 Å². The predicted molar refractivity (Wildman–Crippen MR) is 155 cm³/mol. The van der Waals surface area contributed by atoms with E-state index in [0.717, 1.165) is 11.1 Å². The lowest BCUT2D eigenvalue weighted by atomic mass is 10.2. The summed E-state index contributed by atoms with van der Waals surface area (Å²) in [6.07, 6.45) is 0.536. The lowest BCUT2D eigenvalue weighted by molar-refractivity contribution is 0.262. The van der Waals surface area contributed by atoms with Gasteiger partial charge in [0, 0.05) is 0 Å². The zero-order valence-electron chi connectivity index (χ0n) is 21.4. The topological polar surface area (TPSA) is 128 Å². The highest BCUT2D eigenvalue weighted by Crippen LogP contribution is 2.28. The van der Waals surface area contributed by atoms with Crippen molar-refractivity contribution in [3.05, 3.63) is 120 Å². The number of aryl methyl sites for hydroxylation is 2. The third-order valence-corrected chi connectivity index (χ3v) is 7.95. The van der Waals surface area contributed by atoms with Crippen molar-refractivity contribution < 1.29 is 30.0 Å². The van der Waals surface area contributed by atoms with Crippen LogP contribution in [0.3, 0.4) is 0 Å². The van der Waals surface area contributed by atoms with Crippen LogP contribution in [0.15, 0.2) is 109 Å². The number of benzene rings is 4. The van der Waals surface area contributed by atoms with Gasteiger partial charge in [0.25, 0.3) is 0 Å². The third-order valence-electron chi connectivity index (χ3n) is 5.67. The predicted octanol–water partition coefficient (Wildman–Crippen LogP) is 5.23. The van der Waals surface area contributed by atoms with Crippen LogP contribution in [0, 0.1) is 0 Å². The SMILES string of the molecule is O=C(Nc1ccccc1OS(=O)(=O)CCc1ccccc1)Nc1ccccc1OS(=O)(=O)CCc1ccccc1. The Morgan fingerprint density at radius 1 is 0.525 bits per heavy atom. The van der Waals surface area contributed by atoms with E-state index in [4.69, 9.17) is 8.37 Å². The van der Waals surface area contributed by atoms with E-state index < -0.39 is 26.3 Å². The smallest absolute Gasteiger partial charge is 0.323 e. The van der Waals surface area contributed by atoms with Gasteiger partial charge < -0.3 is 19.0 Å². The molecule has 0 aliphatic heterocycles. The van der Waals surface area contributed by atoms with Crippen LogP contribution in [-0.4, -0.2) is 34.4 Å². The Kier molecular flexibility index (Phi) is 9.41. The summed E-state index contributed by atoms with van der Waals surface area (Å²) in [6, 6.07) is 29.7. The number of hydrogen-bond donors (Lipinski definition) is 2. The summed E-state index contributed by atoms with van der Waals surface area (Å²) in [7, 11) is -7.92. The van der Waals surface area contributed by atoms with E-state index in [2.05, 4.69) is 10.6 Å². The molecule has 0 bridgehead atoms. The van der Waals surface area contributed by atoms with Gasteiger partial charge in [0.15, 0.2) is 11.5 Å². The molecule has 0 aromatic heterocycles. The molecule has 0 spiro atoms. The van der Waals surface area contributed by atoms with Crippen molar-refractivity contribution in [2.75, 3.05) is 22.1 Å². The minimum Gasteiger partial charge on any atom is -0.380 e. The second-order valence-electron chi connectivity index (χ2n) is 8.73. The van der Waals surface area contributed by atoms with E-state index in [1.807, 2.05) is 60.7 Å². The second-order valence-corrected chi connectivity index (χ2v) is 12.1. The summed E-state index contributed by atoms with van der Waals surface area (Å²) in [5, 5.41) is 5.10. The average Bonchev–Trinajstić information content (AvgIpc) is 2.94. The van der Waals surface area contributed by atoms with Gasteiger partial charge in [-0.05, 0) is 48.2 Å². The van der Waals surface area contributed by atoms with Gasteiger partial charge in [0.2, 0.25) is 0 Å². The maximum absolute atomic E-state index is 12.8. The molecule has 40 heavy (non-hydrogen) atoms. The summed E-state index contributed by atoms with van der Waals surface area (Å²) in [4.78, 5) is 12.8. The monoisotopic (exact) mass is 580 g/mol. The van der Waals surface area contributed by atoms with Gasteiger partial charge in [0.05, 0.1) is 22.9 Å². The Morgan fingerprint density at radius 3 is 1.27 bits per heavy atom. The molecule has 2 N–H and O–H groups in total. The van der Waals surface area contributed by atoms with Crippen LogP contribution in [0.1, 0.15) is 11.1 Å². The van der Waals surface area contributed by atoms with Crippen molar-refractivity contribution >= 4 is 37.6 Å². The van der Waals surface area contributed by atoms with Crippen LogP contribution >= 0.6 is 0 Å². The summed E-state index contributed by atoms with van der Waals surface area (Å²) < 4.78 is 61.0. The van der Waals surface area contributed by atoms with Crippen LogP contribution in [0.25, 0.3) is 0 Å². The van der Waals surface area contributed by atoms with Gasteiger partial charge in [-0.1, -0.05) is 84.9 Å². The lowest BCUT2D eigenvalue weighted by Gasteiger charge is -2.15. The van der Waals surface area contributed by atoms with E-state index in [-0.39, 0.29) is 47.2 Å². The minimum atomic E-state index is -3.96. The number of rotatable bonds is 12. The standard InChI is InChI=1S/C29H28N2O7S2/c32-29(30-25-15-7-9-17-27(25)37-39(33,34)21-19-23-11-3-1-4-12-23)31-26-16-8-10-18-28(26)38-40(35,36)22-20-24-13-5-2-6-14-24/h1-18H,19-22H2,(H2,30,31,32). The number of carbonyl (C=O) groups is 1. The van der Waals surface area contributed by atoms with Crippen molar-refractivity contribution in [3.63, 3.8) is 0 Å². The number of para-hydroxylation sites is 4. The molecule has 0 heterocycles. The molecular weight excluding hydrogens is 552 g/mol. The van der Waals surface area contributed by atoms with Gasteiger partial charge in [-0.2, -0.15) is 16.8 Å². The molecule has 11 heteroatoms. The molecule has 4 aromatic carbocycles. The fourth-order valence-electron chi connectivity index (χ4n) is 3.69. The highest BCUT2D eigenvalue weighted by Gasteiger charge is 2.19. The quantitative estimate of drug-likeness (QED) is 0.220. The average molecular weight is 581 g/mol. The Bertz CT molecular complexity index is 1520. The molecular formula is C29H28N2O7S2. The molecule has 0 radical (unpaired) electrons. The summed E-state index contributed by atoms with van der Waals surface area (Å²) in [6.45, 7) is 0. The molecule has 0 saturated heterocycles. The Balaban J connectivity index is 1.39. The third kappa shape index (κ3) is 8.85. The van der Waals surface area contributed by atoms with Crippen LogP contribution in [0.5, 0.6) is 11.5 Å². The Labute approximate surface area is 234 Å². The normalized spacial score (nSPS) is 11.4. The maximum atomic E-state index is 12.8. The van der Waals surface area contributed by atoms with Gasteiger partial charge in [-0.15, -0.1) is 0 Å². The van der Waals surface area contributed by atoms with Gasteiger partial charge in [0.1, 0.15) is 0 Å². The number of carbonyl (C=O) groups excluding carboxylic acids is 1. The van der Waals surface area contributed by atoms with Crippen LogP contribution in [0.4, 0.5) is 16.2 Å². The first-order valence-electron chi connectivity index (χ1n) is 12.4. The number of anilines is 2. The largest absolute Gasteiger partial charge is 0.380 e. The zero-order chi connectivity index (χ0) is 28.4. The first-order valence-corrected chi connectivity index (χ1v) is 15.5. The first kappa shape index (κ1) is 28.7. The molecule has 0 fully saturated rings. The highest BCUT2D eigenvalue weighted by atomic mass is 32.2. The molecule has 0 atom stereocenters. The number of urea groups is 1. The number of nitrogens with one attached hydrogen (secondary N) is 2. The molecule has 9 nitrogen and oxygen atoms in total. The minimum absolute atomic E-state index is 0.0567. The molecule has 4 aromatic rings. The van der Waals surface area contributed by atoms with E-state index >= 15 is 0 Å². The molecule has 0 aliphatic rings. The van der Waals surface area contributed by atoms with E-state index in [0.29, 0.717) is 0 Å². The van der Waals surface area contributed by atoms with E-state index in [1.54, 1.807) is 24.3 Å². The van der Waals surface area contributed by atoms with Gasteiger partial charge >= 0.3 is 26.3 Å². The molecule has 0 saturated carbocycles. The second kappa shape index (κ2) is 13.1. The van der Waals surface area contributed by atoms with Crippen molar-refractivity contribution in [2.45, 2.75) is 12.8 Å². The van der Waals surface area contributed by atoms with Crippen molar-refractivity contribution in [1.29, 1.82) is 0 Å². The maximum Gasteiger partial charge on any atom is 0.323 e. The van der Waals surface area contributed by atoms with Crippen molar-refractivity contribution in [2.24, 2.45) is 0 Å². The number of hydrogen-bond acceptors (Lipinski definition) is 7. The Hall–Kier alpha value is -4.35. The lowest BCUT2D eigenvalue weighted by Crippen LogP contribution is -2.22. The fourth-order valence-corrected chi connectivity index (χ4v) is 5.67. The molecule has 0 unspecified atom stereocenters. The summed E-state index contributed by atoms with van der Waals surface area (Å²) >= 11 is 0. The molecule has 208 valence electrons. The summed E-state index contributed by atoms with van der Waals surface area (Å²) in [5.41, 5.74) is 1.92. The molecule has 2 amide bonds.